The van der Waals surface area contributed by atoms with Gasteiger partial charge in [-0.3, -0.25) is 9.59 Å². The summed E-state index contributed by atoms with van der Waals surface area (Å²) in [6.45, 7) is 5.01. The van der Waals surface area contributed by atoms with E-state index >= 15 is 0 Å². The predicted molar refractivity (Wildman–Crippen MR) is 117 cm³/mol. The zero-order valence-corrected chi connectivity index (χ0v) is 17.7. The minimum absolute atomic E-state index is 0.0782. The van der Waals surface area contributed by atoms with E-state index in [2.05, 4.69) is 11.9 Å². The first-order chi connectivity index (χ1) is 14.9. The first-order valence-corrected chi connectivity index (χ1v) is 11.4. The van der Waals surface area contributed by atoms with Gasteiger partial charge in [-0.2, -0.15) is 4.31 Å². The van der Waals surface area contributed by atoms with E-state index in [1.54, 1.807) is 29.2 Å². The number of rotatable bonds is 6. The molecule has 0 radical (unpaired) electrons. The van der Waals surface area contributed by atoms with Crippen molar-refractivity contribution in [2.24, 2.45) is 0 Å². The highest BCUT2D eigenvalue weighted by Crippen LogP contribution is 2.34. The fraction of sp³-hybridized carbons (Fsp3) is 0.273. The van der Waals surface area contributed by atoms with Gasteiger partial charge in [0.1, 0.15) is 5.75 Å². The largest absolute Gasteiger partial charge is 0.481 e. The van der Waals surface area contributed by atoms with Gasteiger partial charge >= 0.3 is 0 Å². The fourth-order valence-corrected chi connectivity index (χ4v) is 5.19. The first-order valence-electron chi connectivity index (χ1n) is 10.00. The standard InChI is InChI=1S/C22H23N3O5S/c1-2-11-25-19-10-7-17(14-20(19)30-15-21(25)26)23-22(27)16-5-8-18(9-6-16)31(28,29)24-12-3-4-13-24/h2,5-10,14H,1,3-4,11-13,15H2,(H,23,27). The van der Waals surface area contributed by atoms with E-state index in [9.17, 15) is 18.0 Å². The number of ether oxygens (including phenoxy) is 1. The van der Waals surface area contributed by atoms with E-state index in [4.69, 9.17) is 4.74 Å². The number of carbonyl (C=O) groups is 2. The van der Waals surface area contributed by atoms with Crippen LogP contribution in [-0.4, -0.2) is 50.8 Å². The lowest BCUT2D eigenvalue weighted by Gasteiger charge is -2.28. The maximum atomic E-state index is 12.6. The first kappa shape index (κ1) is 21.1. The quantitative estimate of drug-likeness (QED) is 0.696. The molecule has 8 nitrogen and oxygen atoms in total. The van der Waals surface area contributed by atoms with Crippen LogP contribution in [0, 0.1) is 0 Å². The summed E-state index contributed by atoms with van der Waals surface area (Å²) in [5, 5.41) is 2.78. The summed E-state index contributed by atoms with van der Waals surface area (Å²) in [5.74, 6) is -0.0423. The van der Waals surface area contributed by atoms with Crippen molar-refractivity contribution in [1.29, 1.82) is 0 Å². The molecule has 0 atom stereocenters. The van der Waals surface area contributed by atoms with Gasteiger partial charge in [0.2, 0.25) is 10.0 Å². The lowest BCUT2D eigenvalue weighted by molar-refractivity contribution is -0.121. The second-order valence-electron chi connectivity index (χ2n) is 7.35. The summed E-state index contributed by atoms with van der Waals surface area (Å²) in [4.78, 5) is 26.4. The number of benzene rings is 2. The van der Waals surface area contributed by atoms with E-state index < -0.39 is 10.0 Å². The van der Waals surface area contributed by atoms with Crippen LogP contribution in [0.2, 0.25) is 0 Å². The van der Waals surface area contributed by atoms with E-state index in [1.807, 2.05) is 0 Å². The summed E-state index contributed by atoms with van der Waals surface area (Å²) in [6, 6.07) is 10.9. The van der Waals surface area contributed by atoms with E-state index in [0.29, 0.717) is 42.3 Å². The van der Waals surface area contributed by atoms with Crippen LogP contribution in [-0.2, 0) is 14.8 Å². The Morgan fingerprint density at radius 2 is 1.84 bits per heavy atom. The zero-order valence-electron chi connectivity index (χ0n) is 16.9. The molecule has 0 bridgehead atoms. The second kappa shape index (κ2) is 8.52. The highest BCUT2D eigenvalue weighted by molar-refractivity contribution is 7.89. The number of fused-ring (bicyclic) bond motifs is 1. The van der Waals surface area contributed by atoms with Gasteiger partial charge in [0.15, 0.2) is 6.61 Å². The van der Waals surface area contributed by atoms with Gasteiger partial charge in [0, 0.05) is 37.0 Å². The number of anilines is 2. The van der Waals surface area contributed by atoms with Crippen molar-refractivity contribution in [3.05, 3.63) is 60.7 Å². The molecule has 1 saturated heterocycles. The predicted octanol–water partition coefficient (Wildman–Crippen LogP) is 2.63. The summed E-state index contributed by atoms with van der Waals surface area (Å²) in [5.41, 5.74) is 1.46. The number of amides is 2. The molecule has 4 rings (SSSR count). The maximum absolute atomic E-state index is 12.6. The number of sulfonamides is 1. The molecule has 0 spiro atoms. The minimum atomic E-state index is -3.52. The smallest absolute Gasteiger partial charge is 0.265 e. The van der Waals surface area contributed by atoms with Crippen molar-refractivity contribution in [1.82, 2.24) is 4.31 Å². The zero-order chi connectivity index (χ0) is 22.0. The Hall–Kier alpha value is -3.17. The SMILES string of the molecule is C=CCN1C(=O)COc2cc(NC(=O)c3ccc(S(=O)(=O)N4CCCC4)cc3)ccc21. The van der Waals surface area contributed by atoms with Crippen molar-refractivity contribution < 1.29 is 22.7 Å². The Labute approximate surface area is 181 Å². The van der Waals surface area contributed by atoms with E-state index in [-0.39, 0.29) is 23.3 Å². The number of carbonyl (C=O) groups excluding carboxylic acids is 2. The van der Waals surface area contributed by atoms with E-state index in [1.165, 1.54) is 28.6 Å². The minimum Gasteiger partial charge on any atom is -0.481 e. The van der Waals surface area contributed by atoms with Crippen LogP contribution in [0.25, 0.3) is 0 Å². The van der Waals surface area contributed by atoms with Crippen molar-refractivity contribution in [3.63, 3.8) is 0 Å². The molecular weight excluding hydrogens is 418 g/mol. The highest BCUT2D eigenvalue weighted by atomic mass is 32.2. The molecule has 2 amide bonds. The molecule has 0 unspecified atom stereocenters. The molecular formula is C22H23N3O5S. The van der Waals surface area contributed by atoms with Crippen LogP contribution in [0.4, 0.5) is 11.4 Å². The van der Waals surface area contributed by atoms with Crippen molar-refractivity contribution in [3.8, 4) is 5.75 Å². The average molecular weight is 442 g/mol. The summed E-state index contributed by atoms with van der Waals surface area (Å²) >= 11 is 0. The molecule has 0 aliphatic carbocycles. The monoisotopic (exact) mass is 441 g/mol. The van der Waals surface area contributed by atoms with Crippen LogP contribution in [0.3, 0.4) is 0 Å². The molecule has 31 heavy (non-hydrogen) atoms. The van der Waals surface area contributed by atoms with Gasteiger partial charge < -0.3 is 15.0 Å². The van der Waals surface area contributed by atoms with Gasteiger partial charge in [-0.25, -0.2) is 8.42 Å². The molecule has 9 heteroatoms. The summed E-state index contributed by atoms with van der Waals surface area (Å²) in [6.07, 6.45) is 3.36. The van der Waals surface area contributed by atoms with Crippen LogP contribution in [0.1, 0.15) is 23.2 Å². The Bertz CT molecular complexity index is 1120. The molecule has 0 aromatic heterocycles. The van der Waals surface area contributed by atoms with Gasteiger partial charge in [0.05, 0.1) is 10.6 Å². The van der Waals surface area contributed by atoms with Crippen LogP contribution in [0.15, 0.2) is 60.0 Å². The molecule has 2 heterocycles. The fourth-order valence-electron chi connectivity index (χ4n) is 3.67. The van der Waals surface area contributed by atoms with Crippen molar-refractivity contribution in [2.45, 2.75) is 17.7 Å². The molecule has 0 saturated carbocycles. The Balaban J connectivity index is 1.48. The molecule has 162 valence electrons. The van der Waals surface area contributed by atoms with Gasteiger partial charge in [0.25, 0.3) is 11.8 Å². The number of hydrogen-bond acceptors (Lipinski definition) is 5. The average Bonchev–Trinajstić information content (AvgIpc) is 3.32. The van der Waals surface area contributed by atoms with Gasteiger partial charge in [-0.1, -0.05) is 6.08 Å². The lowest BCUT2D eigenvalue weighted by Crippen LogP contribution is -2.38. The third kappa shape index (κ3) is 4.19. The summed E-state index contributed by atoms with van der Waals surface area (Å²) < 4.78 is 32.2. The van der Waals surface area contributed by atoms with Crippen molar-refractivity contribution in [2.75, 3.05) is 36.5 Å². The van der Waals surface area contributed by atoms with Gasteiger partial charge in [-0.05, 0) is 49.2 Å². The lowest BCUT2D eigenvalue weighted by atomic mass is 10.2. The number of hydrogen-bond donors (Lipinski definition) is 1. The Morgan fingerprint density at radius 3 is 2.52 bits per heavy atom. The number of nitrogens with one attached hydrogen (secondary N) is 1. The van der Waals surface area contributed by atoms with Gasteiger partial charge in [-0.15, -0.1) is 6.58 Å². The Kier molecular flexibility index (Phi) is 5.79. The second-order valence-corrected chi connectivity index (χ2v) is 9.29. The van der Waals surface area contributed by atoms with Crippen LogP contribution >= 0.6 is 0 Å². The normalized spacial score (nSPS) is 16.5. The molecule has 1 N–H and O–H groups in total. The molecule has 1 fully saturated rings. The van der Waals surface area contributed by atoms with Crippen molar-refractivity contribution >= 4 is 33.2 Å². The third-order valence-electron chi connectivity index (χ3n) is 5.29. The molecule has 2 aromatic carbocycles. The summed E-state index contributed by atoms with van der Waals surface area (Å²) in [7, 11) is -3.52. The van der Waals surface area contributed by atoms with Crippen LogP contribution in [0.5, 0.6) is 5.75 Å². The Morgan fingerprint density at radius 1 is 1.13 bits per heavy atom. The third-order valence-corrected chi connectivity index (χ3v) is 7.20. The van der Waals surface area contributed by atoms with Crippen LogP contribution < -0.4 is 15.0 Å². The highest BCUT2D eigenvalue weighted by Gasteiger charge is 2.27. The maximum Gasteiger partial charge on any atom is 0.265 e. The molecule has 2 aromatic rings. The molecule has 2 aliphatic rings. The van der Waals surface area contributed by atoms with E-state index in [0.717, 1.165) is 12.8 Å². The molecule has 2 aliphatic heterocycles. The topological polar surface area (TPSA) is 96.0 Å². The number of nitrogens with zero attached hydrogens (tertiary/aromatic N) is 2.